The molecule has 3 aliphatic rings. The maximum atomic E-state index is 11.7. The van der Waals surface area contributed by atoms with Crippen molar-refractivity contribution in [2.45, 2.75) is 64.0 Å². The molecule has 3 aliphatic heterocycles. The zero-order valence-corrected chi connectivity index (χ0v) is 12.7. The van der Waals surface area contributed by atoms with Crippen LogP contribution in [0.5, 0.6) is 0 Å². The molecule has 3 heterocycles. The van der Waals surface area contributed by atoms with E-state index in [9.17, 15) is 9.90 Å². The zero-order chi connectivity index (χ0) is 14.2. The number of hydrogen-bond donors (Lipinski definition) is 1. The van der Waals surface area contributed by atoms with Gasteiger partial charge in [0.05, 0.1) is 5.41 Å². The molecule has 0 radical (unpaired) electrons. The predicted molar refractivity (Wildman–Crippen MR) is 78.8 cm³/mol. The number of nitrogens with zero attached hydrogens (tertiary/aromatic N) is 2. The van der Waals surface area contributed by atoms with Gasteiger partial charge in [-0.05, 0) is 58.2 Å². The molecule has 3 fully saturated rings. The predicted octanol–water partition coefficient (Wildman–Crippen LogP) is 2.19. The first-order chi connectivity index (χ1) is 9.64. The Kier molecular flexibility index (Phi) is 4.04. The number of piperidine rings is 1. The standard InChI is InChI=1S/C16H28N2O2/c1-2-6-16(15(19)20)7-10-18(12-16)14-5-9-17-8-3-4-13(17)11-14/h13-14H,2-12H2,1H3,(H,19,20). The van der Waals surface area contributed by atoms with Crippen LogP contribution < -0.4 is 0 Å². The molecular formula is C16H28N2O2. The topological polar surface area (TPSA) is 43.8 Å². The van der Waals surface area contributed by atoms with Crippen molar-refractivity contribution in [1.29, 1.82) is 0 Å². The van der Waals surface area contributed by atoms with E-state index in [1.165, 1.54) is 38.8 Å². The molecule has 0 amide bonds. The van der Waals surface area contributed by atoms with Gasteiger partial charge in [0, 0.05) is 18.6 Å². The minimum atomic E-state index is -0.569. The molecule has 4 nitrogen and oxygen atoms in total. The highest BCUT2D eigenvalue weighted by Gasteiger charge is 2.46. The van der Waals surface area contributed by atoms with Gasteiger partial charge in [-0.2, -0.15) is 0 Å². The van der Waals surface area contributed by atoms with Crippen LogP contribution in [0.3, 0.4) is 0 Å². The first-order valence-electron chi connectivity index (χ1n) is 8.36. The van der Waals surface area contributed by atoms with Crippen molar-refractivity contribution in [2.24, 2.45) is 5.41 Å². The lowest BCUT2D eigenvalue weighted by Crippen LogP contribution is -2.47. The van der Waals surface area contributed by atoms with E-state index < -0.39 is 11.4 Å². The maximum Gasteiger partial charge on any atom is 0.310 e. The smallest absolute Gasteiger partial charge is 0.310 e. The molecule has 114 valence electrons. The fourth-order valence-corrected chi connectivity index (χ4v) is 4.72. The van der Waals surface area contributed by atoms with Gasteiger partial charge in [0.2, 0.25) is 0 Å². The first kappa shape index (κ1) is 14.3. The number of carbonyl (C=O) groups is 1. The summed E-state index contributed by atoms with van der Waals surface area (Å²) in [5, 5.41) is 9.63. The summed E-state index contributed by atoms with van der Waals surface area (Å²) in [6.45, 7) is 6.38. The van der Waals surface area contributed by atoms with Gasteiger partial charge in [0.25, 0.3) is 0 Å². The lowest BCUT2D eigenvalue weighted by atomic mass is 9.82. The van der Waals surface area contributed by atoms with Gasteiger partial charge in [0.1, 0.15) is 0 Å². The van der Waals surface area contributed by atoms with Crippen LogP contribution in [0.15, 0.2) is 0 Å². The molecule has 0 spiro atoms. The number of carboxylic acids is 1. The number of fused-ring (bicyclic) bond motifs is 1. The molecule has 3 atom stereocenters. The third kappa shape index (κ3) is 2.48. The van der Waals surface area contributed by atoms with Crippen molar-refractivity contribution in [3.63, 3.8) is 0 Å². The van der Waals surface area contributed by atoms with Crippen LogP contribution in [-0.2, 0) is 4.79 Å². The van der Waals surface area contributed by atoms with Crippen LogP contribution in [0.25, 0.3) is 0 Å². The largest absolute Gasteiger partial charge is 0.481 e. The van der Waals surface area contributed by atoms with E-state index in [-0.39, 0.29) is 0 Å². The Balaban J connectivity index is 1.63. The minimum absolute atomic E-state index is 0.457. The van der Waals surface area contributed by atoms with Crippen molar-refractivity contribution in [3.8, 4) is 0 Å². The summed E-state index contributed by atoms with van der Waals surface area (Å²) in [6.07, 6.45) is 7.86. The number of carboxylic acid groups (broad SMARTS) is 1. The van der Waals surface area contributed by atoms with Crippen LogP contribution in [0, 0.1) is 5.41 Å². The summed E-state index contributed by atoms with van der Waals surface area (Å²) < 4.78 is 0. The Morgan fingerprint density at radius 1 is 1.20 bits per heavy atom. The van der Waals surface area contributed by atoms with Gasteiger partial charge in [-0.1, -0.05) is 13.3 Å². The average molecular weight is 280 g/mol. The summed E-state index contributed by atoms with van der Waals surface area (Å²) in [5.74, 6) is -0.569. The van der Waals surface area contributed by atoms with Crippen molar-refractivity contribution >= 4 is 5.97 Å². The summed E-state index contributed by atoms with van der Waals surface area (Å²) in [5.41, 5.74) is -0.457. The molecule has 3 unspecified atom stereocenters. The van der Waals surface area contributed by atoms with E-state index >= 15 is 0 Å². The second-order valence-corrected chi connectivity index (χ2v) is 7.07. The fourth-order valence-electron chi connectivity index (χ4n) is 4.72. The summed E-state index contributed by atoms with van der Waals surface area (Å²) in [6, 6.07) is 1.41. The molecule has 4 heteroatoms. The third-order valence-corrected chi connectivity index (χ3v) is 5.87. The summed E-state index contributed by atoms with van der Waals surface area (Å²) >= 11 is 0. The van der Waals surface area contributed by atoms with Crippen molar-refractivity contribution in [3.05, 3.63) is 0 Å². The SMILES string of the molecule is CCCC1(C(=O)O)CCN(C2CCN3CCCC3C2)C1. The molecule has 0 saturated carbocycles. The average Bonchev–Trinajstić information content (AvgIpc) is 3.05. The molecule has 0 bridgehead atoms. The van der Waals surface area contributed by atoms with Gasteiger partial charge >= 0.3 is 5.97 Å². The number of rotatable bonds is 4. The first-order valence-corrected chi connectivity index (χ1v) is 8.36. The fraction of sp³-hybridized carbons (Fsp3) is 0.938. The van der Waals surface area contributed by atoms with Crippen LogP contribution in [0.1, 0.15) is 51.9 Å². The quantitative estimate of drug-likeness (QED) is 0.857. The Morgan fingerprint density at radius 2 is 2.00 bits per heavy atom. The van der Waals surface area contributed by atoms with Gasteiger partial charge in [-0.15, -0.1) is 0 Å². The second kappa shape index (κ2) is 5.64. The Labute approximate surface area is 122 Å². The Hall–Kier alpha value is -0.610. The van der Waals surface area contributed by atoms with Crippen LogP contribution >= 0.6 is 0 Å². The van der Waals surface area contributed by atoms with E-state index in [0.29, 0.717) is 6.04 Å². The molecule has 3 rings (SSSR count). The molecule has 3 saturated heterocycles. The van der Waals surface area contributed by atoms with E-state index in [1.54, 1.807) is 0 Å². The van der Waals surface area contributed by atoms with Gasteiger partial charge < -0.3 is 10.0 Å². The Bertz CT molecular complexity index is 373. The number of likely N-dealkylation sites (tertiary alicyclic amines) is 1. The monoisotopic (exact) mass is 280 g/mol. The van der Waals surface area contributed by atoms with E-state index in [4.69, 9.17) is 0 Å². The molecule has 0 aliphatic carbocycles. The highest BCUT2D eigenvalue weighted by molar-refractivity contribution is 5.75. The van der Waals surface area contributed by atoms with Gasteiger partial charge in [-0.3, -0.25) is 9.69 Å². The second-order valence-electron chi connectivity index (χ2n) is 7.07. The third-order valence-electron chi connectivity index (χ3n) is 5.87. The van der Waals surface area contributed by atoms with Crippen molar-refractivity contribution < 1.29 is 9.90 Å². The summed E-state index contributed by atoms with van der Waals surface area (Å²) in [4.78, 5) is 16.8. The van der Waals surface area contributed by atoms with E-state index in [0.717, 1.165) is 38.4 Å². The van der Waals surface area contributed by atoms with Crippen molar-refractivity contribution in [2.75, 3.05) is 26.2 Å². The highest BCUT2D eigenvalue weighted by atomic mass is 16.4. The maximum absolute atomic E-state index is 11.7. The number of aliphatic carboxylic acids is 1. The van der Waals surface area contributed by atoms with E-state index in [2.05, 4.69) is 16.7 Å². The van der Waals surface area contributed by atoms with Gasteiger partial charge in [-0.25, -0.2) is 0 Å². The molecule has 1 N–H and O–H groups in total. The van der Waals surface area contributed by atoms with Crippen LogP contribution in [0.4, 0.5) is 0 Å². The van der Waals surface area contributed by atoms with E-state index in [1.807, 2.05) is 0 Å². The molecule has 0 aromatic carbocycles. The zero-order valence-electron chi connectivity index (χ0n) is 12.7. The van der Waals surface area contributed by atoms with Crippen molar-refractivity contribution in [1.82, 2.24) is 9.80 Å². The van der Waals surface area contributed by atoms with Gasteiger partial charge in [0.15, 0.2) is 0 Å². The molecule has 0 aromatic heterocycles. The summed E-state index contributed by atoms with van der Waals surface area (Å²) in [7, 11) is 0. The lowest BCUT2D eigenvalue weighted by Gasteiger charge is -2.39. The lowest BCUT2D eigenvalue weighted by molar-refractivity contribution is -0.148. The van der Waals surface area contributed by atoms with Crippen LogP contribution in [-0.4, -0.2) is 59.1 Å². The van der Waals surface area contributed by atoms with Crippen LogP contribution in [0.2, 0.25) is 0 Å². The highest BCUT2D eigenvalue weighted by Crippen LogP contribution is 2.39. The Morgan fingerprint density at radius 3 is 2.75 bits per heavy atom. The molecule has 0 aromatic rings. The molecule has 20 heavy (non-hydrogen) atoms. The minimum Gasteiger partial charge on any atom is -0.481 e. The number of hydrogen-bond acceptors (Lipinski definition) is 3. The normalized spacial score (nSPS) is 39.0. The molecular weight excluding hydrogens is 252 g/mol.